The van der Waals surface area contributed by atoms with Crippen LogP contribution in [0.1, 0.15) is 36.5 Å². The highest BCUT2D eigenvalue weighted by Crippen LogP contribution is 2.41. The molecule has 0 saturated carbocycles. The Bertz CT molecular complexity index is 930. The van der Waals surface area contributed by atoms with Crippen molar-refractivity contribution in [2.75, 3.05) is 39.1 Å². The van der Waals surface area contributed by atoms with Gasteiger partial charge in [0.05, 0.1) is 44.0 Å². The normalized spacial score (nSPS) is 27.0. The molecule has 0 unspecified atom stereocenters. The van der Waals surface area contributed by atoms with E-state index in [2.05, 4.69) is 10.1 Å². The molecule has 0 aliphatic carbocycles. The summed E-state index contributed by atoms with van der Waals surface area (Å²) in [5.74, 6) is -0.812. The number of amides is 2. The summed E-state index contributed by atoms with van der Waals surface area (Å²) in [5.41, 5.74) is 0.187. The lowest BCUT2D eigenvalue weighted by Crippen LogP contribution is -2.44. The van der Waals surface area contributed by atoms with Crippen LogP contribution in [0.15, 0.2) is 10.6 Å². The largest absolute Gasteiger partial charge is 0.379 e. The predicted molar refractivity (Wildman–Crippen MR) is 113 cm³/mol. The third-order valence-corrected chi connectivity index (χ3v) is 7.35. The van der Waals surface area contributed by atoms with Gasteiger partial charge in [0.2, 0.25) is 15.9 Å². The molecule has 3 aliphatic rings. The SMILES string of the molecule is CC(C)[C@H]1C(=O)N(S(C)(=O)=O)[C@H]2CCN(C(=O)c3cc(CN4CCOCC4)on3)[C@H]12.Cl. The van der Waals surface area contributed by atoms with Gasteiger partial charge in [0.1, 0.15) is 0 Å². The first-order chi connectivity index (χ1) is 14.2. The Morgan fingerprint density at radius 1 is 1.26 bits per heavy atom. The van der Waals surface area contributed by atoms with Crippen LogP contribution in [0.4, 0.5) is 0 Å². The van der Waals surface area contributed by atoms with Crippen molar-refractivity contribution in [2.45, 2.75) is 38.9 Å². The van der Waals surface area contributed by atoms with Crippen LogP contribution in [-0.2, 0) is 26.1 Å². The van der Waals surface area contributed by atoms with Crippen LogP contribution in [-0.4, -0.2) is 90.7 Å². The van der Waals surface area contributed by atoms with Crippen molar-refractivity contribution < 1.29 is 27.3 Å². The standard InChI is InChI=1S/C19H28N4O6S.ClH/c1-12(2)16-17-15(23(19(16)25)30(3,26)27)4-5-22(17)18(24)14-10-13(29-20-14)11-21-6-8-28-9-7-21;/h10,12,15-17H,4-9,11H2,1-3H3;1H/t15-,16+,17-;/m0./s1. The van der Waals surface area contributed by atoms with Crippen molar-refractivity contribution in [1.82, 2.24) is 19.3 Å². The maximum atomic E-state index is 13.2. The zero-order valence-corrected chi connectivity index (χ0v) is 19.5. The summed E-state index contributed by atoms with van der Waals surface area (Å²) in [7, 11) is -3.70. The molecular formula is C19H29ClN4O6S. The van der Waals surface area contributed by atoms with E-state index in [1.54, 1.807) is 11.0 Å². The van der Waals surface area contributed by atoms with E-state index < -0.39 is 33.9 Å². The second-order valence-corrected chi connectivity index (χ2v) is 10.4. The topological polar surface area (TPSA) is 113 Å². The Kier molecular flexibility index (Phi) is 6.99. The fraction of sp³-hybridized carbons (Fsp3) is 0.737. The highest BCUT2D eigenvalue weighted by atomic mass is 35.5. The van der Waals surface area contributed by atoms with Gasteiger partial charge in [-0.05, 0) is 12.3 Å². The Hall–Kier alpha value is -1.69. The van der Waals surface area contributed by atoms with E-state index in [4.69, 9.17) is 9.26 Å². The number of fused-ring (bicyclic) bond motifs is 1. The quantitative estimate of drug-likeness (QED) is 0.606. The van der Waals surface area contributed by atoms with Crippen molar-refractivity contribution in [3.05, 3.63) is 17.5 Å². The number of nitrogens with zero attached hydrogens (tertiary/aromatic N) is 4. The molecule has 0 aromatic carbocycles. The molecule has 1 aromatic heterocycles. The minimum atomic E-state index is -3.70. The molecule has 174 valence electrons. The van der Waals surface area contributed by atoms with Crippen LogP contribution in [0.2, 0.25) is 0 Å². The molecule has 4 heterocycles. The summed E-state index contributed by atoms with van der Waals surface area (Å²) in [5, 5.41) is 3.96. The van der Waals surface area contributed by atoms with Crippen LogP contribution >= 0.6 is 12.4 Å². The van der Waals surface area contributed by atoms with Gasteiger partial charge in [-0.25, -0.2) is 12.7 Å². The fourth-order valence-corrected chi connectivity index (χ4v) is 6.06. The van der Waals surface area contributed by atoms with Crippen LogP contribution in [0, 0.1) is 11.8 Å². The average molecular weight is 477 g/mol. The van der Waals surface area contributed by atoms with Crippen molar-refractivity contribution in [2.24, 2.45) is 11.8 Å². The number of hydrogen-bond acceptors (Lipinski definition) is 8. The van der Waals surface area contributed by atoms with E-state index in [-0.39, 0.29) is 29.9 Å². The van der Waals surface area contributed by atoms with Crippen LogP contribution in [0.25, 0.3) is 0 Å². The zero-order valence-electron chi connectivity index (χ0n) is 17.9. The first-order valence-corrected chi connectivity index (χ1v) is 12.1. The van der Waals surface area contributed by atoms with Gasteiger partial charge in [-0.1, -0.05) is 19.0 Å². The molecule has 31 heavy (non-hydrogen) atoms. The Balaban J connectivity index is 0.00000272. The number of carbonyl (C=O) groups excluding carboxylic acids is 2. The molecule has 3 saturated heterocycles. The van der Waals surface area contributed by atoms with Crippen molar-refractivity contribution in [1.29, 1.82) is 0 Å². The third-order valence-electron chi connectivity index (χ3n) is 6.19. The molecule has 0 radical (unpaired) electrons. The minimum absolute atomic E-state index is 0. The van der Waals surface area contributed by atoms with E-state index >= 15 is 0 Å². The summed E-state index contributed by atoms with van der Waals surface area (Å²) >= 11 is 0. The molecule has 2 amide bonds. The molecule has 3 fully saturated rings. The summed E-state index contributed by atoms with van der Waals surface area (Å²) in [4.78, 5) is 29.9. The number of sulfonamides is 1. The van der Waals surface area contributed by atoms with Crippen molar-refractivity contribution in [3.8, 4) is 0 Å². The van der Waals surface area contributed by atoms with Crippen LogP contribution < -0.4 is 0 Å². The highest BCUT2D eigenvalue weighted by Gasteiger charge is 2.58. The number of rotatable bonds is 5. The Labute approximate surface area is 188 Å². The van der Waals surface area contributed by atoms with Gasteiger partial charge < -0.3 is 14.2 Å². The van der Waals surface area contributed by atoms with Crippen LogP contribution in [0.5, 0.6) is 0 Å². The number of morpholine rings is 1. The predicted octanol–water partition coefficient (Wildman–Crippen LogP) is 0.586. The monoisotopic (exact) mass is 476 g/mol. The number of carbonyl (C=O) groups is 2. The van der Waals surface area contributed by atoms with Crippen molar-refractivity contribution >= 4 is 34.2 Å². The Morgan fingerprint density at radius 3 is 2.55 bits per heavy atom. The highest BCUT2D eigenvalue weighted by molar-refractivity contribution is 7.88. The lowest BCUT2D eigenvalue weighted by atomic mass is 9.88. The van der Waals surface area contributed by atoms with E-state index in [1.807, 2.05) is 13.8 Å². The molecule has 0 N–H and O–H groups in total. The lowest BCUT2D eigenvalue weighted by molar-refractivity contribution is -0.129. The van der Waals surface area contributed by atoms with E-state index in [1.165, 1.54) is 0 Å². The number of ether oxygens (including phenoxy) is 1. The third kappa shape index (κ3) is 4.46. The van der Waals surface area contributed by atoms with Gasteiger partial charge in [-0.3, -0.25) is 14.5 Å². The second kappa shape index (κ2) is 9.05. The number of aromatic nitrogens is 1. The van der Waals surface area contributed by atoms with Crippen LogP contribution in [0.3, 0.4) is 0 Å². The smallest absolute Gasteiger partial charge is 0.276 e. The maximum Gasteiger partial charge on any atom is 0.276 e. The lowest BCUT2D eigenvalue weighted by Gasteiger charge is -2.28. The summed E-state index contributed by atoms with van der Waals surface area (Å²) in [6.45, 7) is 7.59. The van der Waals surface area contributed by atoms with Gasteiger partial charge >= 0.3 is 0 Å². The van der Waals surface area contributed by atoms with Gasteiger partial charge in [0.25, 0.3) is 5.91 Å². The average Bonchev–Trinajstić information content (AvgIpc) is 3.35. The summed E-state index contributed by atoms with van der Waals surface area (Å²) in [6.07, 6.45) is 1.47. The minimum Gasteiger partial charge on any atom is -0.379 e. The zero-order chi connectivity index (χ0) is 21.6. The van der Waals surface area contributed by atoms with E-state index in [0.717, 1.165) is 23.7 Å². The molecular weight excluding hydrogens is 448 g/mol. The molecule has 0 bridgehead atoms. The maximum absolute atomic E-state index is 13.2. The van der Waals surface area contributed by atoms with Gasteiger partial charge in [-0.2, -0.15) is 0 Å². The molecule has 1 aromatic rings. The van der Waals surface area contributed by atoms with E-state index in [9.17, 15) is 18.0 Å². The van der Waals surface area contributed by atoms with E-state index in [0.29, 0.717) is 38.5 Å². The Morgan fingerprint density at radius 2 is 1.94 bits per heavy atom. The number of halogens is 1. The molecule has 3 atom stereocenters. The molecule has 10 nitrogen and oxygen atoms in total. The second-order valence-electron chi connectivity index (χ2n) is 8.58. The fourth-order valence-electron chi connectivity index (χ4n) is 4.89. The van der Waals surface area contributed by atoms with Gasteiger partial charge in [0, 0.05) is 25.7 Å². The van der Waals surface area contributed by atoms with Gasteiger partial charge in [-0.15, -0.1) is 12.4 Å². The summed E-state index contributed by atoms with van der Waals surface area (Å²) < 4.78 is 36.2. The van der Waals surface area contributed by atoms with Crippen molar-refractivity contribution in [3.63, 3.8) is 0 Å². The molecule has 0 spiro atoms. The number of likely N-dealkylation sites (tertiary alicyclic amines) is 1. The summed E-state index contributed by atoms with van der Waals surface area (Å²) in [6, 6.07) is 0.628. The molecule has 3 aliphatic heterocycles. The molecule has 4 rings (SSSR count). The van der Waals surface area contributed by atoms with Gasteiger partial charge in [0.15, 0.2) is 11.5 Å². The first kappa shape index (κ1) is 24.0. The first-order valence-electron chi connectivity index (χ1n) is 10.3. The molecule has 12 heteroatoms. The number of hydrogen-bond donors (Lipinski definition) is 0.